The zero-order valence-corrected chi connectivity index (χ0v) is 21.1. The average molecular weight is 492 g/mol. The minimum Gasteiger partial charge on any atom is -0.354 e. The molecular formula is C25H34FN3O4S. The highest BCUT2D eigenvalue weighted by Crippen LogP contribution is 2.23. The molecule has 2 aromatic rings. The lowest BCUT2D eigenvalue weighted by Crippen LogP contribution is -2.52. The molecule has 1 atom stereocenters. The summed E-state index contributed by atoms with van der Waals surface area (Å²) < 4.78 is 40.2. The Bertz CT molecular complexity index is 1090. The normalized spacial score (nSPS) is 12.1. The first-order chi connectivity index (χ1) is 16.1. The molecule has 1 N–H and O–H groups in total. The fraction of sp³-hybridized carbons (Fsp3) is 0.440. The first kappa shape index (κ1) is 27.3. The van der Waals surface area contributed by atoms with Crippen LogP contribution in [0.15, 0.2) is 48.5 Å². The predicted octanol–water partition coefficient (Wildman–Crippen LogP) is 3.62. The maximum Gasteiger partial charge on any atom is 0.244 e. The molecule has 0 aliphatic rings. The molecular weight excluding hydrogens is 457 g/mol. The number of para-hydroxylation sites is 1. The van der Waals surface area contributed by atoms with E-state index in [0.717, 1.165) is 40.6 Å². The molecule has 2 amide bonds. The second kappa shape index (κ2) is 12.5. The quantitative estimate of drug-likeness (QED) is 0.460. The van der Waals surface area contributed by atoms with Crippen LogP contribution in [0, 0.1) is 12.7 Å². The highest BCUT2D eigenvalue weighted by molar-refractivity contribution is 7.92. The Kier molecular flexibility index (Phi) is 10.0. The molecule has 0 saturated heterocycles. The van der Waals surface area contributed by atoms with Gasteiger partial charge in [0.1, 0.15) is 18.4 Å². The number of nitrogens with zero attached hydrogens (tertiary/aromatic N) is 2. The van der Waals surface area contributed by atoms with Crippen molar-refractivity contribution >= 4 is 27.5 Å². The Labute approximate surface area is 202 Å². The first-order valence-electron chi connectivity index (χ1n) is 11.4. The zero-order chi connectivity index (χ0) is 25.3. The Morgan fingerprint density at radius 2 is 1.71 bits per heavy atom. The standard InChI is InChI=1S/C25H34FN3O4S/c1-5-7-16-27-25(31)22(6-2)28(17-20-13-9-8-12-19(20)3)24(30)18-29(34(4,32)33)23-15-11-10-14-21(23)26/h8-15,22H,5-7,16-18H2,1-4H3,(H,27,31)/t22-/m1/s1. The molecule has 0 aromatic heterocycles. The van der Waals surface area contributed by atoms with Crippen LogP contribution >= 0.6 is 0 Å². The number of sulfonamides is 1. The van der Waals surface area contributed by atoms with Gasteiger partial charge in [-0.05, 0) is 43.0 Å². The maximum atomic E-state index is 14.5. The van der Waals surface area contributed by atoms with Crippen molar-refractivity contribution in [1.29, 1.82) is 0 Å². The minimum absolute atomic E-state index is 0.125. The van der Waals surface area contributed by atoms with Crippen LogP contribution in [-0.4, -0.2) is 50.5 Å². The fourth-order valence-corrected chi connectivity index (χ4v) is 4.50. The van der Waals surface area contributed by atoms with Crippen molar-refractivity contribution < 1.29 is 22.4 Å². The SMILES string of the molecule is CCCCNC(=O)[C@@H](CC)N(Cc1ccccc1C)C(=O)CN(c1ccccc1F)S(C)(=O)=O. The van der Waals surface area contributed by atoms with Crippen LogP contribution in [0.25, 0.3) is 0 Å². The van der Waals surface area contributed by atoms with Crippen LogP contribution in [0.4, 0.5) is 10.1 Å². The number of halogens is 1. The molecule has 2 aromatic carbocycles. The molecule has 7 nitrogen and oxygen atoms in total. The van der Waals surface area contributed by atoms with Gasteiger partial charge in [0, 0.05) is 13.1 Å². The van der Waals surface area contributed by atoms with Crippen molar-refractivity contribution in [3.63, 3.8) is 0 Å². The number of nitrogens with one attached hydrogen (secondary N) is 1. The van der Waals surface area contributed by atoms with E-state index in [2.05, 4.69) is 5.32 Å². The lowest BCUT2D eigenvalue weighted by atomic mass is 10.1. The molecule has 186 valence electrons. The van der Waals surface area contributed by atoms with Gasteiger partial charge >= 0.3 is 0 Å². The summed E-state index contributed by atoms with van der Waals surface area (Å²) in [6.07, 6.45) is 2.99. The van der Waals surface area contributed by atoms with E-state index in [9.17, 15) is 22.4 Å². The number of benzene rings is 2. The third-order valence-corrected chi connectivity index (χ3v) is 6.74. The molecule has 9 heteroatoms. The van der Waals surface area contributed by atoms with Gasteiger partial charge in [-0.3, -0.25) is 13.9 Å². The van der Waals surface area contributed by atoms with E-state index < -0.39 is 34.3 Å². The van der Waals surface area contributed by atoms with Crippen molar-refractivity contribution in [3.05, 3.63) is 65.5 Å². The molecule has 0 fully saturated rings. The summed E-state index contributed by atoms with van der Waals surface area (Å²) >= 11 is 0. The second-order valence-corrected chi connectivity index (χ2v) is 10.1. The molecule has 0 bridgehead atoms. The molecule has 0 heterocycles. The zero-order valence-electron chi connectivity index (χ0n) is 20.3. The summed E-state index contributed by atoms with van der Waals surface area (Å²) in [6.45, 7) is 5.71. The number of hydrogen-bond acceptors (Lipinski definition) is 4. The predicted molar refractivity (Wildman–Crippen MR) is 132 cm³/mol. The monoisotopic (exact) mass is 491 g/mol. The van der Waals surface area contributed by atoms with Gasteiger partial charge in [-0.2, -0.15) is 0 Å². The van der Waals surface area contributed by atoms with E-state index in [4.69, 9.17) is 0 Å². The summed E-state index contributed by atoms with van der Waals surface area (Å²) in [5.74, 6) is -1.64. The Morgan fingerprint density at radius 1 is 1.06 bits per heavy atom. The number of hydrogen-bond donors (Lipinski definition) is 1. The maximum absolute atomic E-state index is 14.5. The summed E-state index contributed by atoms with van der Waals surface area (Å²) in [5, 5.41) is 2.87. The van der Waals surface area contributed by atoms with Gasteiger partial charge in [-0.15, -0.1) is 0 Å². The van der Waals surface area contributed by atoms with E-state index in [0.29, 0.717) is 13.0 Å². The Hall–Kier alpha value is -2.94. The van der Waals surface area contributed by atoms with E-state index in [-0.39, 0.29) is 18.1 Å². The van der Waals surface area contributed by atoms with Crippen LogP contribution in [0.2, 0.25) is 0 Å². The van der Waals surface area contributed by atoms with Crippen LogP contribution in [0.5, 0.6) is 0 Å². The summed E-state index contributed by atoms with van der Waals surface area (Å²) in [6, 6.07) is 12.1. The van der Waals surface area contributed by atoms with E-state index in [1.54, 1.807) is 6.92 Å². The van der Waals surface area contributed by atoms with Crippen LogP contribution < -0.4 is 9.62 Å². The van der Waals surface area contributed by atoms with Crippen molar-refractivity contribution in [2.24, 2.45) is 0 Å². The highest BCUT2D eigenvalue weighted by atomic mass is 32.2. The summed E-state index contributed by atoms with van der Waals surface area (Å²) in [7, 11) is -3.98. The van der Waals surface area contributed by atoms with Gasteiger partial charge in [0.15, 0.2) is 0 Å². The van der Waals surface area contributed by atoms with Crippen molar-refractivity contribution in [3.8, 4) is 0 Å². The van der Waals surface area contributed by atoms with Crippen molar-refractivity contribution in [2.75, 3.05) is 23.7 Å². The van der Waals surface area contributed by atoms with Gasteiger partial charge < -0.3 is 10.2 Å². The van der Waals surface area contributed by atoms with Gasteiger partial charge in [-0.25, -0.2) is 12.8 Å². The number of rotatable bonds is 12. The van der Waals surface area contributed by atoms with Gasteiger partial charge in [-0.1, -0.05) is 56.7 Å². The van der Waals surface area contributed by atoms with E-state index in [1.165, 1.54) is 23.1 Å². The third-order valence-electron chi connectivity index (χ3n) is 5.62. The second-order valence-electron chi connectivity index (χ2n) is 8.24. The smallest absolute Gasteiger partial charge is 0.244 e. The molecule has 0 unspecified atom stereocenters. The molecule has 0 aliphatic heterocycles. The van der Waals surface area contributed by atoms with Crippen LogP contribution in [0.3, 0.4) is 0 Å². The number of carbonyl (C=O) groups is 2. The third kappa shape index (κ3) is 7.28. The molecule has 2 rings (SSSR count). The largest absolute Gasteiger partial charge is 0.354 e. The van der Waals surface area contributed by atoms with Gasteiger partial charge in [0.05, 0.1) is 11.9 Å². The average Bonchev–Trinajstić information content (AvgIpc) is 2.78. The lowest BCUT2D eigenvalue weighted by Gasteiger charge is -2.33. The molecule has 0 radical (unpaired) electrons. The molecule has 34 heavy (non-hydrogen) atoms. The summed E-state index contributed by atoms with van der Waals surface area (Å²) in [4.78, 5) is 27.9. The van der Waals surface area contributed by atoms with E-state index >= 15 is 0 Å². The Balaban J connectivity index is 2.43. The fourth-order valence-electron chi connectivity index (χ4n) is 3.65. The van der Waals surface area contributed by atoms with Crippen LogP contribution in [0.1, 0.15) is 44.2 Å². The first-order valence-corrected chi connectivity index (χ1v) is 13.3. The van der Waals surface area contributed by atoms with E-state index in [1.807, 2.05) is 38.1 Å². The van der Waals surface area contributed by atoms with Crippen LogP contribution in [-0.2, 0) is 26.2 Å². The molecule has 0 spiro atoms. The van der Waals surface area contributed by atoms with Crippen molar-refractivity contribution in [2.45, 2.75) is 52.6 Å². The number of anilines is 1. The highest BCUT2D eigenvalue weighted by Gasteiger charge is 2.32. The molecule has 0 aliphatic carbocycles. The van der Waals surface area contributed by atoms with Crippen molar-refractivity contribution in [1.82, 2.24) is 10.2 Å². The number of amides is 2. The molecule has 0 saturated carbocycles. The topological polar surface area (TPSA) is 86.8 Å². The van der Waals surface area contributed by atoms with Gasteiger partial charge in [0.2, 0.25) is 21.8 Å². The lowest BCUT2D eigenvalue weighted by molar-refractivity contribution is -0.140. The summed E-state index contributed by atoms with van der Waals surface area (Å²) in [5.41, 5.74) is 1.57. The number of carbonyl (C=O) groups excluding carboxylic acids is 2. The Morgan fingerprint density at radius 3 is 2.29 bits per heavy atom. The minimum atomic E-state index is -3.98. The van der Waals surface area contributed by atoms with Gasteiger partial charge in [0.25, 0.3) is 0 Å². The number of unbranched alkanes of at least 4 members (excludes halogenated alkanes) is 1. The number of aryl methyl sites for hydroxylation is 1.